The number of nitrogens with one attached hydrogen (secondary N) is 1. The number of carbonyl (C=O) groups is 1. The zero-order valence-electron chi connectivity index (χ0n) is 19.8. The molecule has 184 valence electrons. The number of nitrogens with zero attached hydrogens (tertiary/aromatic N) is 3. The van der Waals surface area contributed by atoms with Gasteiger partial charge in [-0.15, -0.1) is 0 Å². The predicted octanol–water partition coefficient (Wildman–Crippen LogP) is 5.52. The highest BCUT2D eigenvalue weighted by Gasteiger charge is 2.25. The summed E-state index contributed by atoms with van der Waals surface area (Å²) in [4.78, 5) is 17.3. The predicted molar refractivity (Wildman–Crippen MR) is 144 cm³/mol. The highest BCUT2D eigenvalue weighted by Crippen LogP contribution is 2.27. The SMILES string of the molecule is O=C(Nc1ccc(-n2ccnc2)cc1)c1cccc(N(Cc2ccccc2)S(=O)(=O)c2ccccc2)c1. The van der Waals surface area contributed by atoms with Crippen molar-refractivity contribution in [1.82, 2.24) is 9.55 Å². The molecular formula is C29H24N4O3S. The molecular weight excluding hydrogens is 484 g/mol. The summed E-state index contributed by atoms with van der Waals surface area (Å²) in [5.41, 5.74) is 3.11. The fraction of sp³-hybridized carbons (Fsp3) is 0.0345. The zero-order valence-corrected chi connectivity index (χ0v) is 20.6. The average molecular weight is 509 g/mol. The van der Waals surface area contributed by atoms with Crippen LogP contribution in [0.3, 0.4) is 0 Å². The lowest BCUT2D eigenvalue weighted by Gasteiger charge is -2.25. The third-order valence-corrected chi connectivity index (χ3v) is 7.61. The van der Waals surface area contributed by atoms with Gasteiger partial charge in [0.15, 0.2) is 0 Å². The van der Waals surface area contributed by atoms with Crippen LogP contribution in [-0.4, -0.2) is 23.9 Å². The Kier molecular flexibility index (Phi) is 6.83. The second kappa shape index (κ2) is 10.5. The van der Waals surface area contributed by atoms with Crippen LogP contribution in [0, 0.1) is 0 Å². The van der Waals surface area contributed by atoms with E-state index in [0.29, 0.717) is 16.9 Å². The third kappa shape index (κ3) is 5.44. The number of imidazole rings is 1. The van der Waals surface area contributed by atoms with Crippen LogP contribution in [0.2, 0.25) is 0 Å². The van der Waals surface area contributed by atoms with Gasteiger partial charge in [0.05, 0.1) is 23.5 Å². The van der Waals surface area contributed by atoms with Crippen LogP contribution in [0.5, 0.6) is 0 Å². The zero-order chi connectivity index (χ0) is 25.7. The van der Waals surface area contributed by atoms with Crippen molar-refractivity contribution in [3.05, 3.63) is 139 Å². The van der Waals surface area contributed by atoms with E-state index in [0.717, 1.165) is 11.3 Å². The van der Waals surface area contributed by atoms with Crippen LogP contribution in [0.4, 0.5) is 11.4 Å². The first kappa shape index (κ1) is 24.0. The maximum absolute atomic E-state index is 13.7. The molecule has 5 rings (SSSR count). The van der Waals surface area contributed by atoms with Crippen LogP contribution in [0.15, 0.2) is 133 Å². The first-order valence-corrected chi connectivity index (χ1v) is 13.1. The molecule has 0 aliphatic rings. The molecule has 0 aliphatic carbocycles. The first-order chi connectivity index (χ1) is 18.0. The van der Waals surface area contributed by atoms with E-state index in [9.17, 15) is 13.2 Å². The Morgan fingerprint density at radius 2 is 1.54 bits per heavy atom. The van der Waals surface area contributed by atoms with Gasteiger partial charge in [-0.3, -0.25) is 9.10 Å². The van der Waals surface area contributed by atoms with E-state index in [1.165, 1.54) is 4.31 Å². The lowest BCUT2D eigenvalue weighted by Crippen LogP contribution is -2.30. The van der Waals surface area contributed by atoms with Crippen LogP contribution in [0.25, 0.3) is 5.69 Å². The molecule has 0 atom stereocenters. The fourth-order valence-electron chi connectivity index (χ4n) is 3.92. The Balaban J connectivity index is 1.43. The van der Waals surface area contributed by atoms with Crippen LogP contribution >= 0.6 is 0 Å². The van der Waals surface area contributed by atoms with Crippen molar-refractivity contribution in [3.63, 3.8) is 0 Å². The molecule has 0 radical (unpaired) electrons. The van der Waals surface area contributed by atoms with E-state index in [2.05, 4.69) is 10.3 Å². The van der Waals surface area contributed by atoms with Gasteiger partial charge in [0.2, 0.25) is 0 Å². The van der Waals surface area contributed by atoms with Gasteiger partial charge in [0.25, 0.3) is 15.9 Å². The van der Waals surface area contributed by atoms with Crippen molar-refractivity contribution in [3.8, 4) is 5.69 Å². The molecule has 0 aliphatic heterocycles. The average Bonchev–Trinajstić information content (AvgIpc) is 3.48. The van der Waals surface area contributed by atoms with Crippen molar-refractivity contribution in [2.45, 2.75) is 11.4 Å². The van der Waals surface area contributed by atoms with Crippen molar-refractivity contribution in [2.24, 2.45) is 0 Å². The van der Waals surface area contributed by atoms with Gasteiger partial charge < -0.3 is 9.88 Å². The van der Waals surface area contributed by atoms with Crippen molar-refractivity contribution < 1.29 is 13.2 Å². The molecule has 1 N–H and O–H groups in total. The molecule has 0 bridgehead atoms. The summed E-state index contributed by atoms with van der Waals surface area (Å²) >= 11 is 0. The van der Waals surface area contributed by atoms with E-state index in [1.807, 2.05) is 53.2 Å². The van der Waals surface area contributed by atoms with Crippen molar-refractivity contribution in [1.29, 1.82) is 0 Å². The molecule has 0 saturated carbocycles. The van der Waals surface area contributed by atoms with Gasteiger partial charge in [-0.1, -0.05) is 54.6 Å². The standard InChI is InChI=1S/C29H24N4O3S/c34-29(31-25-14-16-26(17-15-25)32-19-18-30-22-32)24-10-7-11-27(20-24)33(21-23-8-3-1-4-9-23)37(35,36)28-12-5-2-6-13-28/h1-20,22H,21H2,(H,31,34). The van der Waals surface area contributed by atoms with Crippen molar-refractivity contribution in [2.75, 3.05) is 9.62 Å². The molecule has 7 nitrogen and oxygen atoms in total. The van der Waals surface area contributed by atoms with Gasteiger partial charge in [0, 0.05) is 29.3 Å². The Morgan fingerprint density at radius 1 is 0.838 bits per heavy atom. The Labute approximate surface area is 215 Å². The second-order valence-corrected chi connectivity index (χ2v) is 10.2. The highest BCUT2D eigenvalue weighted by molar-refractivity contribution is 7.92. The second-order valence-electron chi connectivity index (χ2n) is 8.33. The van der Waals surface area contributed by atoms with Gasteiger partial charge in [-0.05, 0) is 60.2 Å². The number of aromatic nitrogens is 2. The number of sulfonamides is 1. The lowest BCUT2D eigenvalue weighted by atomic mass is 10.1. The van der Waals surface area contributed by atoms with Gasteiger partial charge >= 0.3 is 0 Å². The third-order valence-electron chi connectivity index (χ3n) is 5.82. The largest absolute Gasteiger partial charge is 0.322 e. The summed E-state index contributed by atoms with van der Waals surface area (Å²) in [6.07, 6.45) is 5.23. The number of hydrogen-bond donors (Lipinski definition) is 1. The molecule has 0 spiro atoms. The van der Waals surface area contributed by atoms with E-state index in [1.54, 1.807) is 79.3 Å². The first-order valence-electron chi connectivity index (χ1n) is 11.6. The minimum absolute atomic E-state index is 0.124. The molecule has 37 heavy (non-hydrogen) atoms. The quantitative estimate of drug-likeness (QED) is 0.299. The van der Waals surface area contributed by atoms with Crippen molar-refractivity contribution >= 4 is 27.3 Å². The topological polar surface area (TPSA) is 84.3 Å². The molecule has 0 saturated heterocycles. The summed E-state index contributed by atoms with van der Waals surface area (Å²) in [7, 11) is -3.89. The smallest absolute Gasteiger partial charge is 0.264 e. The molecule has 5 aromatic rings. The molecule has 1 aromatic heterocycles. The number of benzene rings is 4. The molecule has 8 heteroatoms. The number of carbonyl (C=O) groups excluding carboxylic acids is 1. The fourth-order valence-corrected chi connectivity index (χ4v) is 5.38. The molecule has 0 fully saturated rings. The van der Waals surface area contributed by atoms with Crippen LogP contribution < -0.4 is 9.62 Å². The minimum atomic E-state index is -3.89. The van der Waals surface area contributed by atoms with E-state index >= 15 is 0 Å². The lowest BCUT2D eigenvalue weighted by molar-refractivity contribution is 0.102. The van der Waals surface area contributed by atoms with Gasteiger partial charge in [0.1, 0.15) is 0 Å². The van der Waals surface area contributed by atoms with Gasteiger partial charge in [-0.25, -0.2) is 13.4 Å². The highest BCUT2D eigenvalue weighted by atomic mass is 32.2. The molecule has 1 heterocycles. The summed E-state index contributed by atoms with van der Waals surface area (Å²) in [6, 6.07) is 31.6. The molecule has 4 aromatic carbocycles. The maximum atomic E-state index is 13.7. The Morgan fingerprint density at radius 3 is 2.22 bits per heavy atom. The number of anilines is 2. The maximum Gasteiger partial charge on any atom is 0.264 e. The Hall–Kier alpha value is -4.69. The monoisotopic (exact) mass is 508 g/mol. The number of amides is 1. The molecule has 0 unspecified atom stereocenters. The van der Waals surface area contributed by atoms with E-state index in [-0.39, 0.29) is 17.3 Å². The normalized spacial score (nSPS) is 11.1. The van der Waals surface area contributed by atoms with Crippen LogP contribution in [-0.2, 0) is 16.6 Å². The summed E-state index contributed by atoms with van der Waals surface area (Å²) in [5, 5.41) is 2.89. The Bertz CT molecular complexity index is 1590. The molecule has 1 amide bonds. The van der Waals surface area contributed by atoms with E-state index < -0.39 is 10.0 Å². The van der Waals surface area contributed by atoms with Crippen LogP contribution in [0.1, 0.15) is 15.9 Å². The summed E-state index contributed by atoms with van der Waals surface area (Å²) in [5.74, 6) is -0.339. The minimum Gasteiger partial charge on any atom is -0.322 e. The number of rotatable bonds is 8. The summed E-state index contributed by atoms with van der Waals surface area (Å²) < 4.78 is 30.5. The van der Waals surface area contributed by atoms with E-state index in [4.69, 9.17) is 0 Å². The van der Waals surface area contributed by atoms with Gasteiger partial charge in [-0.2, -0.15) is 0 Å². The summed E-state index contributed by atoms with van der Waals surface area (Å²) in [6.45, 7) is 0.124. The number of hydrogen-bond acceptors (Lipinski definition) is 4.